The Balaban J connectivity index is 2.33. The molecule has 0 aromatic carbocycles. The highest BCUT2D eigenvalue weighted by Gasteiger charge is 2.36. The Hall–Kier alpha value is -1.06. The standard InChI is InChI=1S/C12H19N3O4S2/c1-3-14-7-11(13-9(14)2)21(18,19)15-4-5-20-8-10(15)6-12(16)17/h7,10H,3-6,8H2,1-2H3,(H,16,17). The van der Waals surface area contributed by atoms with Crippen LogP contribution in [-0.4, -0.2) is 57.4 Å². The maximum absolute atomic E-state index is 12.7. The molecule has 0 radical (unpaired) electrons. The molecule has 21 heavy (non-hydrogen) atoms. The highest BCUT2D eigenvalue weighted by molar-refractivity contribution is 7.99. The van der Waals surface area contributed by atoms with Crippen molar-refractivity contribution in [1.29, 1.82) is 0 Å². The Kier molecular flexibility index (Phi) is 4.95. The van der Waals surface area contributed by atoms with Gasteiger partial charge in [0.1, 0.15) is 5.82 Å². The molecule has 118 valence electrons. The first-order valence-electron chi connectivity index (χ1n) is 6.71. The summed E-state index contributed by atoms with van der Waals surface area (Å²) in [5.41, 5.74) is 0. The number of rotatable bonds is 5. The number of carboxylic acids is 1. The molecule has 1 saturated heterocycles. The van der Waals surface area contributed by atoms with Crippen LogP contribution in [0.25, 0.3) is 0 Å². The zero-order valence-electron chi connectivity index (χ0n) is 12.0. The van der Waals surface area contributed by atoms with Crippen molar-refractivity contribution < 1.29 is 18.3 Å². The van der Waals surface area contributed by atoms with Gasteiger partial charge in [-0.05, 0) is 13.8 Å². The molecule has 1 unspecified atom stereocenters. The number of thioether (sulfide) groups is 1. The molecule has 1 aliphatic rings. The molecule has 0 saturated carbocycles. The van der Waals surface area contributed by atoms with Crippen molar-refractivity contribution in [2.45, 2.75) is 37.9 Å². The van der Waals surface area contributed by atoms with E-state index >= 15 is 0 Å². The number of hydrogen-bond donors (Lipinski definition) is 1. The molecule has 0 aliphatic carbocycles. The zero-order chi connectivity index (χ0) is 15.6. The van der Waals surface area contributed by atoms with Gasteiger partial charge < -0.3 is 9.67 Å². The van der Waals surface area contributed by atoms with E-state index in [4.69, 9.17) is 5.11 Å². The van der Waals surface area contributed by atoms with Crippen LogP contribution in [0.1, 0.15) is 19.2 Å². The van der Waals surface area contributed by atoms with Crippen LogP contribution in [0.2, 0.25) is 0 Å². The third kappa shape index (κ3) is 3.41. The maximum atomic E-state index is 12.7. The molecular formula is C12H19N3O4S2. The van der Waals surface area contributed by atoms with E-state index in [2.05, 4.69) is 4.98 Å². The predicted octanol–water partition coefficient (Wildman–Crippen LogP) is 0.792. The third-order valence-electron chi connectivity index (χ3n) is 3.45. The number of nitrogens with zero attached hydrogens (tertiary/aromatic N) is 3. The fraction of sp³-hybridized carbons (Fsp3) is 0.667. The highest BCUT2D eigenvalue weighted by Crippen LogP contribution is 2.26. The molecule has 2 rings (SSSR count). The summed E-state index contributed by atoms with van der Waals surface area (Å²) in [6.07, 6.45) is 1.34. The average molecular weight is 333 g/mol. The van der Waals surface area contributed by atoms with Gasteiger partial charge in [-0.3, -0.25) is 4.79 Å². The number of aliphatic carboxylic acids is 1. The quantitative estimate of drug-likeness (QED) is 0.856. The maximum Gasteiger partial charge on any atom is 0.305 e. The lowest BCUT2D eigenvalue weighted by molar-refractivity contribution is -0.137. The summed E-state index contributed by atoms with van der Waals surface area (Å²) >= 11 is 1.58. The molecule has 7 nitrogen and oxygen atoms in total. The molecule has 0 bridgehead atoms. The minimum Gasteiger partial charge on any atom is -0.481 e. The lowest BCUT2D eigenvalue weighted by Gasteiger charge is -2.32. The Morgan fingerprint density at radius 3 is 2.86 bits per heavy atom. The molecule has 1 aliphatic heterocycles. The first-order valence-corrected chi connectivity index (χ1v) is 9.31. The van der Waals surface area contributed by atoms with Crippen LogP contribution in [0, 0.1) is 6.92 Å². The van der Waals surface area contributed by atoms with Gasteiger partial charge in [0.15, 0.2) is 5.03 Å². The number of carbonyl (C=O) groups is 1. The molecule has 0 amide bonds. The van der Waals surface area contributed by atoms with Crippen LogP contribution in [0.5, 0.6) is 0 Å². The molecule has 1 aromatic rings. The van der Waals surface area contributed by atoms with Gasteiger partial charge in [-0.15, -0.1) is 0 Å². The van der Waals surface area contributed by atoms with Gasteiger partial charge in [-0.25, -0.2) is 13.4 Å². The van der Waals surface area contributed by atoms with Crippen LogP contribution < -0.4 is 0 Å². The van der Waals surface area contributed by atoms with Crippen LogP contribution in [0.15, 0.2) is 11.2 Å². The summed E-state index contributed by atoms with van der Waals surface area (Å²) in [7, 11) is -3.74. The van der Waals surface area contributed by atoms with E-state index in [9.17, 15) is 13.2 Å². The largest absolute Gasteiger partial charge is 0.481 e. The third-order valence-corrected chi connectivity index (χ3v) is 6.37. The van der Waals surface area contributed by atoms with Gasteiger partial charge in [0.25, 0.3) is 10.0 Å². The first-order chi connectivity index (χ1) is 9.86. The Labute approximate surface area is 128 Å². The first kappa shape index (κ1) is 16.3. The highest BCUT2D eigenvalue weighted by atomic mass is 32.2. The van der Waals surface area contributed by atoms with Gasteiger partial charge in [0.2, 0.25) is 0 Å². The van der Waals surface area contributed by atoms with Crippen molar-refractivity contribution in [1.82, 2.24) is 13.9 Å². The summed E-state index contributed by atoms with van der Waals surface area (Å²) < 4.78 is 28.5. The minimum atomic E-state index is -3.74. The Morgan fingerprint density at radius 2 is 2.29 bits per heavy atom. The van der Waals surface area contributed by atoms with Crippen molar-refractivity contribution in [2.24, 2.45) is 0 Å². The van der Waals surface area contributed by atoms with E-state index < -0.39 is 22.0 Å². The SMILES string of the molecule is CCn1cc(S(=O)(=O)N2CCSCC2CC(=O)O)nc1C. The van der Waals surface area contributed by atoms with E-state index in [0.29, 0.717) is 30.4 Å². The molecule has 1 N–H and O–H groups in total. The molecule has 2 heterocycles. The van der Waals surface area contributed by atoms with Crippen molar-refractivity contribution in [2.75, 3.05) is 18.1 Å². The second-order valence-electron chi connectivity index (χ2n) is 4.85. The molecule has 1 aromatic heterocycles. The summed E-state index contributed by atoms with van der Waals surface area (Å²) in [6, 6.07) is -0.515. The van der Waals surface area contributed by atoms with Crippen molar-refractivity contribution in [3.8, 4) is 0 Å². The number of carboxylic acid groups (broad SMARTS) is 1. The molecule has 1 fully saturated rings. The number of hydrogen-bond acceptors (Lipinski definition) is 5. The number of aromatic nitrogens is 2. The number of imidazole rings is 1. The average Bonchev–Trinajstić information content (AvgIpc) is 2.80. The fourth-order valence-corrected chi connectivity index (χ4v) is 5.26. The summed E-state index contributed by atoms with van der Waals surface area (Å²) in [5.74, 6) is 0.817. The van der Waals surface area contributed by atoms with Crippen molar-refractivity contribution in [3.63, 3.8) is 0 Å². The lowest BCUT2D eigenvalue weighted by Crippen LogP contribution is -2.47. The van der Waals surface area contributed by atoms with E-state index in [1.165, 1.54) is 10.5 Å². The van der Waals surface area contributed by atoms with E-state index in [0.717, 1.165) is 0 Å². The number of sulfonamides is 1. The summed E-state index contributed by atoms with van der Waals surface area (Å²) in [6.45, 7) is 4.63. The van der Waals surface area contributed by atoms with E-state index in [-0.39, 0.29) is 11.4 Å². The Morgan fingerprint density at radius 1 is 1.57 bits per heavy atom. The molecule has 9 heteroatoms. The van der Waals surface area contributed by atoms with Gasteiger partial charge in [-0.2, -0.15) is 16.1 Å². The van der Waals surface area contributed by atoms with E-state index in [1.54, 1.807) is 23.3 Å². The number of aryl methyl sites for hydroxylation is 2. The van der Waals surface area contributed by atoms with Gasteiger partial charge >= 0.3 is 5.97 Å². The van der Waals surface area contributed by atoms with Gasteiger partial charge in [0, 0.05) is 36.8 Å². The van der Waals surface area contributed by atoms with Crippen LogP contribution in [0.3, 0.4) is 0 Å². The minimum absolute atomic E-state index is 0.00383. The summed E-state index contributed by atoms with van der Waals surface area (Å²) in [5, 5.41) is 8.96. The second-order valence-corrected chi connectivity index (χ2v) is 7.84. The fourth-order valence-electron chi connectivity index (χ4n) is 2.36. The smallest absolute Gasteiger partial charge is 0.305 e. The molecular weight excluding hydrogens is 314 g/mol. The summed E-state index contributed by atoms with van der Waals surface area (Å²) in [4.78, 5) is 15.1. The monoisotopic (exact) mass is 333 g/mol. The van der Waals surface area contributed by atoms with Crippen molar-refractivity contribution in [3.05, 3.63) is 12.0 Å². The topological polar surface area (TPSA) is 92.5 Å². The molecule has 1 atom stereocenters. The van der Waals surface area contributed by atoms with Crippen LogP contribution in [-0.2, 0) is 21.4 Å². The van der Waals surface area contributed by atoms with Gasteiger partial charge in [-0.1, -0.05) is 0 Å². The van der Waals surface area contributed by atoms with Gasteiger partial charge in [0.05, 0.1) is 6.42 Å². The van der Waals surface area contributed by atoms with E-state index in [1.807, 2.05) is 6.92 Å². The lowest BCUT2D eigenvalue weighted by atomic mass is 10.2. The molecule has 0 spiro atoms. The second kappa shape index (κ2) is 6.37. The van der Waals surface area contributed by atoms with Crippen molar-refractivity contribution >= 4 is 27.8 Å². The van der Waals surface area contributed by atoms with Crippen LogP contribution in [0.4, 0.5) is 0 Å². The normalized spacial score (nSPS) is 20.6. The van der Waals surface area contributed by atoms with Crippen LogP contribution >= 0.6 is 11.8 Å². The Bertz CT molecular complexity index is 626. The predicted molar refractivity (Wildman–Crippen MR) is 79.9 cm³/mol. The zero-order valence-corrected chi connectivity index (χ0v) is 13.7.